The van der Waals surface area contributed by atoms with E-state index in [-0.39, 0.29) is 0 Å². The van der Waals surface area contributed by atoms with Crippen molar-refractivity contribution in [2.45, 2.75) is 25.7 Å². The van der Waals surface area contributed by atoms with E-state index in [4.69, 9.17) is 17.3 Å². The second-order valence-corrected chi connectivity index (χ2v) is 6.18. The Labute approximate surface area is 124 Å². The summed E-state index contributed by atoms with van der Waals surface area (Å²) in [6, 6.07) is 5.99. The third-order valence-electron chi connectivity index (χ3n) is 3.35. The lowest BCUT2D eigenvalue weighted by Crippen LogP contribution is -2.08. The lowest BCUT2D eigenvalue weighted by Gasteiger charge is -2.14. The first-order valence-corrected chi connectivity index (χ1v) is 7.44. The summed E-state index contributed by atoms with van der Waals surface area (Å²) in [5.41, 5.74) is 9.35. The summed E-state index contributed by atoms with van der Waals surface area (Å²) in [6.45, 7) is 0. The van der Waals surface area contributed by atoms with Crippen LogP contribution in [-0.4, -0.2) is 9.78 Å². The minimum atomic E-state index is 0.652. The van der Waals surface area contributed by atoms with Gasteiger partial charge in [0.2, 0.25) is 0 Å². The summed E-state index contributed by atoms with van der Waals surface area (Å²) in [7, 11) is 0. The van der Waals surface area contributed by atoms with Crippen LogP contribution in [0.15, 0.2) is 18.2 Å². The van der Waals surface area contributed by atoms with Crippen LogP contribution >= 0.6 is 34.2 Å². The molecule has 0 fully saturated rings. The molecule has 18 heavy (non-hydrogen) atoms. The van der Waals surface area contributed by atoms with Gasteiger partial charge in [0.1, 0.15) is 5.82 Å². The van der Waals surface area contributed by atoms with Crippen molar-refractivity contribution in [2.24, 2.45) is 0 Å². The number of anilines is 1. The van der Waals surface area contributed by atoms with Crippen molar-refractivity contribution >= 4 is 40.0 Å². The predicted molar refractivity (Wildman–Crippen MR) is 82.3 cm³/mol. The van der Waals surface area contributed by atoms with Crippen LogP contribution in [0, 0.1) is 3.57 Å². The van der Waals surface area contributed by atoms with Gasteiger partial charge in [-0.25, -0.2) is 4.68 Å². The van der Waals surface area contributed by atoms with Crippen LogP contribution in [0.2, 0.25) is 5.02 Å². The molecular weight excluding hydrogens is 361 g/mol. The van der Waals surface area contributed by atoms with E-state index in [1.807, 2.05) is 22.9 Å². The maximum absolute atomic E-state index is 6.31. The van der Waals surface area contributed by atoms with Crippen molar-refractivity contribution in [3.63, 3.8) is 0 Å². The van der Waals surface area contributed by atoms with Gasteiger partial charge in [0.05, 0.1) is 10.7 Å². The highest BCUT2D eigenvalue weighted by Gasteiger charge is 2.20. The zero-order chi connectivity index (χ0) is 12.7. The largest absolute Gasteiger partial charge is 0.382 e. The molecule has 0 atom stereocenters. The molecule has 1 aliphatic carbocycles. The van der Waals surface area contributed by atoms with Crippen LogP contribution in [0.25, 0.3) is 5.69 Å². The summed E-state index contributed by atoms with van der Waals surface area (Å²) in [5.74, 6) is 0.652. The van der Waals surface area contributed by atoms with Crippen molar-refractivity contribution < 1.29 is 0 Å². The van der Waals surface area contributed by atoms with Crippen LogP contribution in [0.3, 0.4) is 0 Å². The summed E-state index contributed by atoms with van der Waals surface area (Å²) in [6.07, 6.45) is 4.45. The summed E-state index contributed by atoms with van der Waals surface area (Å²) < 4.78 is 3.04. The average Bonchev–Trinajstić information content (AvgIpc) is 2.68. The van der Waals surface area contributed by atoms with E-state index in [1.165, 1.54) is 24.1 Å². The molecule has 1 aromatic carbocycles. The van der Waals surface area contributed by atoms with Gasteiger partial charge in [-0.05, 0) is 66.5 Å². The molecule has 0 unspecified atom stereocenters. The highest BCUT2D eigenvalue weighted by molar-refractivity contribution is 14.1. The minimum absolute atomic E-state index is 0.652. The number of hydrogen-bond acceptors (Lipinski definition) is 2. The van der Waals surface area contributed by atoms with Crippen LogP contribution in [-0.2, 0) is 12.8 Å². The van der Waals surface area contributed by atoms with Gasteiger partial charge in [0.25, 0.3) is 0 Å². The summed E-state index contributed by atoms with van der Waals surface area (Å²) in [5, 5.41) is 5.18. The fraction of sp³-hybridized carbons (Fsp3) is 0.308. The lowest BCUT2D eigenvalue weighted by atomic mass is 9.97. The van der Waals surface area contributed by atoms with E-state index < -0.39 is 0 Å². The normalized spacial score (nSPS) is 14.6. The topological polar surface area (TPSA) is 43.8 Å². The van der Waals surface area contributed by atoms with E-state index in [0.29, 0.717) is 5.82 Å². The van der Waals surface area contributed by atoms with Crippen LogP contribution in [0.1, 0.15) is 24.1 Å². The molecule has 0 bridgehead atoms. The Morgan fingerprint density at radius 2 is 2.06 bits per heavy atom. The number of hydrogen-bond donors (Lipinski definition) is 1. The van der Waals surface area contributed by atoms with Gasteiger partial charge in [-0.3, -0.25) is 0 Å². The second-order valence-electron chi connectivity index (χ2n) is 4.53. The molecule has 5 heteroatoms. The molecule has 2 N–H and O–H groups in total. The first-order valence-electron chi connectivity index (χ1n) is 5.98. The predicted octanol–water partition coefficient (Wildman–Crippen LogP) is 3.59. The highest BCUT2D eigenvalue weighted by atomic mass is 127. The second kappa shape index (κ2) is 4.74. The molecule has 3 rings (SSSR count). The number of benzene rings is 1. The molecule has 94 valence electrons. The first-order chi connectivity index (χ1) is 8.66. The SMILES string of the molecule is Nc1nn(-c2ccc(I)cc2Cl)c2c1CCCC2. The molecule has 1 aliphatic rings. The number of aromatic nitrogens is 2. The zero-order valence-electron chi connectivity index (χ0n) is 9.79. The number of rotatable bonds is 1. The van der Waals surface area contributed by atoms with Gasteiger partial charge in [0, 0.05) is 14.8 Å². The Morgan fingerprint density at radius 1 is 1.28 bits per heavy atom. The Hall–Kier alpha value is -0.750. The number of nitrogens with two attached hydrogens (primary N) is 1. The molecule has 0 radical (unpaired) electrons. The van der Waals surface area contributed by atoms with Crippen molar-refractivity contribution in [2.75, 3.05) is 5.73 Å². The summed E-state index contributed by atoms with van der Waals surface area (Å²) >= 11 is 8.56. The third-order valence-corrected chi connectivity index (χ3v) is 4.32. The number of halogens is 2. The first kappa shape index (κ1) is 12.3. The molecule has 0 aliphatic heterocycles. The van der Waals surface area contributed by atoms with Gasteiger partial charge in [-0.2, -0.15) is 5.10 Å². The van der Waals surface area contributed by atoms with E-state index in [9.17, 15) is 0 Å². The summed E-state index contributed by atoms with van der Waals surface area (Å²) in [4.78, 5) is 0. The standard InChI is InChI=1S/C13H13ClIN3/c14-10-7-8(15)5-6-12(10)18-11-4-2-1-3-9(11)13(16)17-18/h5-7H,1-4H2,(H2,16,17). The third kappa shape index (κ3) is 2.01. The quantitative estimate of drug-likeness (QED) is 0.776. The van der Waals surface area contributed by atoms with Crippen molar-refractivity contribution in [3.05, 3.63) is 38.0 Å². The Kier molecular flexibility index (Phi) is 3.23. The monoisotopic (exact) mass is 373 g/mol. The van der Waals surface area contributed by atoms with E-state index >= 15 is 0 Å². The highest BCUT2D eigenvalue weighted by Crippen LogP contribution is 2.31. The number of fused-ring (bicyclic) bond motifs is 1. The van der Waals surface area contributed by atoms with Gasteiger partial charge in [-0.1, -0.05) is 11.6 Å². The van der Waals surface area contributed by atoms with Crippen molar-refractivity contribution in [3.8, 4) is 5.69 Å². The fourth-order valence-corrected chi connectivity index (χ4v) is 3.42. The smallest absolute Gasteiger partial charge is 0.149 e. The van der Waals surface area contributed by atoms with Crippen LogP contribution in [0.4, 0.5) is 5.82 Å². The van der Waals surface area contributed by atoms with E-state index in [2.05, 4.69) is 27.7 Å². The Balaban J connectivity index is 2.17. The molecule has 2 aromatic rings. The molecule has 0 saturated heterocycles. The molecule has 0 amide bonds. The molecule has 0 saturated carbocycles. The fourth-order valence-electron chi connectivity index (χ4n) is 2.48. The number of nitrogen functional groups attached to an aromatic ring is 1. The van der Waals surface area contributed by atoms with E-state index in [1.54, 1.807) is 0 Å². The zero-order valence-corrected chi connectivity index (χ0v) is 12.7. The lowest BCUT2D eigenvalue weighted by molar-refractivity contribution is 0.653. The molecule has 3 nitrogen and oxygen atoms in total. The maximum atomic E-state index is 6.31. The van der Waals surface area contributed by atoms with Crippen LogP contribution in [0.5, 0.6) is 0 Å². The molecule has 1 aromatic heterocycles. The van der Waals surface area contributed by atoms with Crippen molar-refractivity contribution in [1.29, 1.82) is 0 Å². The van der Waals surface area contributed by atoms with Gasteiger partial charge >= 0.3 is 0 Å². The Morgan fingerprint density at radius 3 is 2.83 bits per heavy atom. The van der Waals surface area contributed by atoms with Crippen molar-refractivity contribution in [1.82, 2.24) is 9.78 Å². The minimum Gasteiger partial charge on any atom is -0.382 e. The van der Waals surface area contributed by atoms with Gasteiger partial charge in [0.15, 0.2) is 0 Å². The average molecular weight is 374 g/mol. The molecule has 1 heterocycles. The molecular formula is C13H13ClIN3. The number of nitrogens with zero attached hydrogens (tertiary/aromatic N) is 2. The van der Waals surface area contributed by atoms with Crippen LogP contribution < -0.4 is 5.73 Å². The molecule has 0 spiro atoms. The Bertz CT molecular complexity index is 607. The van der Waals surface area contributed by atoms with E-state index in [0.717, 1.165) is 27.1 Å². The van der Waals surface area contributed by atoms with Gasteiger partial charge in [-0.15, -0.1) is 0 Å². The van der Waals surface area contributed by atoms with Gasteiger partial charge < -0.3 is 5.73 Å². The maximum Gasteiger partial charge on any atom is 0.149 e.